The fraction of sp³-hybridized carbons (Fsp3) is 0.0588. The maximum absolute atomic E-state index is 12.1. The summed E-state index contributed by atoms with van der Waals surface area (Å²) < 4.78 is 0. The Hall–Kier alpha value is -2.77. The van der Waals surface area contributed by atoms with E-state index in [-0.39, 0.29) is 5.57 Å². The van der Waals surface area contributed by atoms with Gasteiger partial charge < -0.3 is 10.6 Å². The highest BCUT2D eigenvalue weighted by atomic mass is 35.5. The van der Waals surface area contributed by atoms with Gasteiger partial charge in [-0.05, 0) is 30.7 Å². The Bertz CT molecular complexity index is 762. The van der Waals surface area contributed by atoms with E-state index in [0.29, 0.717) is 16.4 Å². The highest BCUT2D eigenvalue weighted by molar-refractivity contribution is 6.33. The molecule has 0 bridgehead atoms. The monoisotopic (exact) mass is 311 g/mol. The van der Waals surface area contributed by atoms with Crippen LogP contribution in [0.25, 0.3) is 0 Å². The van der Waals surface area contributed by atoms with Gasteiger partial charge in [-0.25, -0.2) is 0 Å². The molecule has 0 saturated heterocycles. The summed E-state index contributed by atoms with van der Waals surface area (Å²) in [6, 6.07) is 16.3. The summed E-state index contributed by atoms with van der Waals surface area (Å²) in [5.41, 5.74) is 2.18. The number of hydrogen-bond acceptors (Lipinski definition) is 3. The third-order valence-electron chi connectivity index (χ3n) is 3.00. The molecule has 2 aromatic rings. The molecule has 0 aliphatic heterocycles. The molecule has 5 heteroatoms. The van der Waals surface area contributed by atoms with Crippen molar-refractivity contribution in [2.75, 3.05) is 10.6 Å². The molecule has 0 fully saturated rings. The molecule has 2 rings (SSSR count). The molecule has 1 amide bonds. The largest absolute Gasteiger partial charge is 0.359 e. The molecule has 0 heterocycles. The lowest BCUT2D eigenvalue weighted by atomic mass is 10.2. The predicted octanol–water partition coefficient (Wildman–Crippen LogP) is 4.11. The van der Waals surface area contributed by atoms with Crippen LogP contribution in [0.1, 0.15) is 5.56 Å². The average Bonchev–Trinajstić information content (AvgIpc) is 2.52. The Kier molecular flexibility index (Phi) is 5.18. The SMILES string of the molecule is Cc1ccccc1NC(=O)/C(C#N)=C\Nc1ccccc1Cl. The van der Waals surface area contributed by atoms with Gasteiger partial charge >= 0.3 is 0 Å². The second-order valence-corrected chi connectivity index (χ2v) is 4.97. The van der Waals surface area contributed by atoms with Gasteiger partial charge in [-0.15, -0.1) is 0 Å². The number of nitrogens with one attached hydrogen (secondary N) is 2. The molecule has 2 N–H and O–H groups in total. The molecule has 110 valence electrons. The topological polar surface area (TPSA) is 64.9 Å². The lowest BCUT2D eigenvalue weighted by Crippen LogP contribution is -2.15. The van der Waals surface area contributed by atoms with Gasteiger partial charge in [0.15, 0.2) is 0 Å². The summed E-state index contributed by atoms with van der Waals surface area (Å²) in [6.07, 6.45) is 1.34. The number of rotatable bonds is 4. The van der Waals surface area contributed by atoms with E-state index in [9.17, 15) is 4.79 Å². The minimum atomic E-state index is -0.476. The molecule has 2 aromatic carbocycles. The number of benzene rings is 2. The average molecular weight is 312 g/mol. The summed E-state index contributed by atoms with van der Waals surface area (Å²) in [5.74, 6) is -0.476. The molecule has 0 aromatic heterocycles. The molecule has 0 saturated carbocycles. The third kappa shape index (κ3) is 3.87. The van der Waals surface area contributed by atoms with Gasteiger partial charge in [0.05, 0.1) is 10.7 Å². The van der Waals surface area contributed by atoms with Crippen molar-refractivity contribution in [2.24, 2.45) is 0 Å². The molecule has 22 heavy (non-hydrogen) atoms. The summed E-state index contributed by atoms with van der Waals surface area (Å²) in [4.78, 5) is 12.1. The van der Waals surface area contributed by atoms with Gasteiger partial charge in [0.1, 0.15) is 11.6 Å². The second kappa shape index (κ2) is 7.30. The van der Waals surface area contributed by atoms with Crippen LogP contribution in [0.5, 0.6) is 0 Å². The van der Waals surface area contributed by atoms with E-state index in [1.54, 1.807) is 24.3 Å². The molecule has 0 spiro atoms. The number of carbonyl (C=O) groups is 1. The summed E-state index contributed by atoms with van der Waals surface area (Å²) in [6.45, 7) is 1.88. The van der Waals surface area contributed by atoms with E-state index in [0.717, 1.165) is 5.56 Å². The number of aryl methyl sites for hydroxylation is 1. The second-order valence-electron chi connectivity index (χ2n) is 4.56. The van der Waals surface area contributed by atoms with Crippen LogP contribution in [0.2, 0.25) is 5.02 Å². The first-order valence-corrected chi connectivity index (χ1v) is 6.98. The van der Waals surface area contributed by atoms with Crippen LogP contribution < -0.4 is 10.6 Å². The molecule has 0 unspecified atom stereocenters. The summed E-state index contributed by atoms with van der Waals surface area (Å²) in [7, 11) is 0. The van der Waals surface area contributed by atoms with E-state index in [4.69, 9.17) is 16.9 Å². The number of nitriles is 1. The Morgan fingerprint density at radius 3 is 2.41 bits per heavy atom. The highest BCUT2D eigenvalue weighted by Crippen LogP contribution is 2.21. The number of carbonyl (C=O) groups excluding carboxylic acids is 1. The molecular formula is C17H14ClN3O. The minimum Gasteiger partial charge on any atom is -0.359 e. The van der Waals surface area contributed by atoms with Crippen molar-refractivity contribution in [3.8, 4) is 6.07 Å². The Labute approximate surface area is 134 Å². The smallest absolute Gasteiger partial charge is 0.267 e. The molecular weight excluding hydrogens is 298 g/mol. The van der Waals surface area contributed by atoms with Gasteiger partial charge in [-0.1, -0.05) is 41.9 Å². The highest BCUT2D eigenvalue weighted by Gasteiger charge is 2.10. The van der Waals surface area contributed by atoms with Crippen LogP contribution in [0, 0.1) is 18.3 Å². The van der Waals surface area contributed by atoms with Gasteiger partial charge in [-0.3, -0.25) is 4.79 Å². The zero-order valence-corrected chi connectivity index (χ0v) is 12.7. The summed E-state index contributed by atoms with van der Waals surface area (Å²) in [5, 5.41) is 15.2. The standard InChI is InChI=1S/C17H14ClN3O/c1-12-6-2-4-8-15(12)21-17(22)13(10-19)11-20-16-9-5-3-7-14(16)18/h2-9,11,20H,1H3,(H,21,22)/b13-11-. The van der Waals surface area contributed by atoms with Crippen molar-refractivity contribution in [1.29, 1.82) is 5.26 Å². The van der Waals surface area contributed by atoms with E-state index < -0.39 is 5.91 Å². The Morgan fingerprint density at radius 2 is 1.77 bits per heavy atom. The molecule has 0 atom stereocenters. The fourth-order valence-electron chi connectivity index (χ4n) is 1.78. The number of amides is 1. The van der Waals surface area contributed by atoms with Crippen LogP contribution in [-0.2, 0) is 4.79 Å². The molecule has 0 aliphatic carbocycles. The van der Waals surface area contributed by atoms with Crippen LogP contribution in [0.15, 0.2) is 60.3 Å². The van der Waals surface area contributed by atoms with Crippen LogP contribution in [0.3, 0.4) is 0 Å². The zero-order chi connectivity index (χ0) is 15.9. The van der Waals surface area contributed by atoms with E-state index in [2.05, 4.69) is 10.6 Å². The molecule has 4 nitrogen and oxygen atoms in total. The number of halogens is 1. The Balaban J connectivity index is 2.13. The van der Waals surface area contributed by atoms with E-state index in [1.807, 2.05) is 37.3 Å². The van der Waals surface area contributed by atoms with Crippen molar-refractivity contribution >= 4 is 28.9 Å². The van der Waals surface area contributed by atoms with Crippen molar-refractivity contribution in [3.63, 3.8) is 0 Å². The van der Waals surface area contributed by atoms with Crippen LogP contribution >= 0.6 is 11.6 Å². The van der Waals surface area contributed by atoms with Gasteiger partial charge in [0, 0.05) is 11.9 Å². The lowest BCUT2D eigenvalue weighted by molar-refractivity contribution is -0.112. The van der Waals surface area contributed by atoms with Crippen molar-refractivity contribution in [2.45, 2.75) is 6.92 Å². The minimum absolute atomic E-state index is 0.0387. The maximum atomic E-state index is 12.1. The van der Waals surface area contributed by atoms with Gasteiger partial charge in [-0.2, -0.15) is 5.26 Å². The Morgan fingerprint density at radius 1 is 1.14 bits per heavy atom. The van der Waals surface area contributed by atoms with Gasteiger partial charge in [0.2, 0.25) is 0 Å². The number of hydrogen-bond donors (Lipinski definition) is 2. The predicted molar refractivity (Wildman–Crippen MR) is 88.6 cm³/mol. The van der Waals surface area contributed by atoms with Crippen LogP contribution in [-0.4, -0.2) is 5.91 Å². The normalized spacial score (nSPS) is 10.7. The van der Waals surface area contributed by atoms with E-state index >= 15 is 0 Å². The van der Waals surface area contributed by atoms with Crippen molar-refractivity contribution < 1.29 is 4.79 Å². The number of para-hydroxylation sites is 2. The van der Waals surface area contributed by atoms with Gasteiger partial charge in [0.25, 0.3) is 5.91 Å². The summed E-state index contributed by atoms with van der Waals surface area (Å²) >= 11 is 6.01. The first kappa shape index (κ1) is 15.6. The third-order valence-corrected chi connectivity index (χ3v) is 3.33. The van der Waals surface area contributed by atoms with Crippen LogP contribution in [0.4, 0.5) is 11.4 Å². The number of nitrogens with zero attached hydrogens (tertiary/aromatic N) is 1. The first-order chi connectivity index (χ1) is 10.6. The number of anilines is 2. The first-order valence-electron chi connectivity index (χ1n) is 6.60. The van der Waals surface area contributed by atoms with Crippen molar-refractivity contribution in [3.05, 3.63) is 70.9 Å². The maximum Gasteiger partial charge on any atom is 0.267 e. The quantitative estimate of drug-likeness (QED) is 0.660. The van der Waals surface area contributed by atoms with E-state index in [1.165, 1.54) is 6.20 Å². The zero-order valence-electron chi connectivity index (χ0n) is 11.9. The lowest BCUT2D eigenvalue weighted by Gasteiger charge is -2.08. The molecule has 0 aliphatic rings. The molecule has 0 radical (unpaired) electrons. The fourth-order valence-corrected chi connectivity index (χ4v) is 1.97. The van der Waals surface area contributed by atoms with Crippen molar-refractivity contribution in [1.82, 2.24) is 0 Å².